The maximum atomic E-state index is 13.2. The lowest BCUT2D eigenvalue weighted by molar-refractivity contribution is 0.432. The molecule has 0 aliphatic carbocycles. The summed E-state index contributed by atoms with van der Waals surface area (Å²) in [5, 5.41) is 3.64. The molecule has 0 aliphatic rings. The monoisotopic (exact) mass is 291 g/mol. The van der Waals surface area contributed by atoms with E-state index in [-0.39, 0.29) is 23.0 Å². The highest BCUT2D eigenvalue weighted by molar-refractivity contribution is 5.63. The standard InChI is InChI=1S/C14H8F3N3O/c15-9-3-8(4-10(16)6-9)13-19-14(21-20-13)7-1-2-11(17)12(18)5-7/h1-6H,18H2. The molecule has 0 fully saturated rings. The molecule has 21 heavy (non-hydrogen) atoms. The zero-order chi connectivity index (χ0) is 15.0. The molecular weight excluding hydrogens is 283 g/mol. The van der Waals surface area contributed by atoms with Crippen molar-refractivity contribution in [3.63, 3.8) is 0 Å². The minimum absolute atomic E-state index is 0.0197. The number of hydrogen-bond donors (Lipinski definition) is 1. The number of anilines is 1. The summed E-state index contributed by atoms with van der Waals surface area (Å²) >= 11 is 0. The summed E-state index contributed by atoms with van der Waals surface area (Å²) < 4.78 is 44.4. The predicted molar refractivity (Wildman–Crippen MR) is 69.5 cm³/mol. The normalized spacial score (nSPS) is 10.8. The van der Waals surface area contributed by atoms with Gasteiger partial charge in [-0.2, -0.15) is 4.98 Å². The van der Waals surface area contributed by atoms with Crippen LogP contribution in [0.5, 0.6) is 0 Å². The van der Waals surface area contributed by atoms with Crippen LogP contribution < -0.4 is 5.73 Å². The molecule has 0 spiro atoms. The van der Waals surface area contributed by atoms with Gasteiger partial charge in [0.1, 0.15) is 17.5 Å². The van der Waals surface area contributed by atoms with E-state index in [4.69, 9.17) is 10.3 Å². The zero-order valence-corrected chi connectivity index (χ0v) is 10.5. The SMILES string of the molecule is Nc1cc(-c2nc(-c3cc(F)cc(F)c3)no2)ccc1F. The first-order valence-electron chi connectivity index (χ1n) is 5.88. The fraction of sp³-hybridized carbons (Fsp3) is 0. The van der Waals surface area contributed by atoms with Crippen LogP contribution in [-0.4, -0.2) is 10.1 Å². The molecule has 106 valence electrons. The van der Waals surface area contributed by atoms with E-state index >= 15 is 0 Å². The number of halogens is 3. The minimum atomic E-state index is -0.748. The molecule has 0 radical (unpaired) electrons. The third kappa shape index (κ3) is 2.58. The van der Waals surface area contributed by atoms with Crippen LogP contribution in [0, 0.1) is 17.5 Å². The van der Waals surface area contributed by atoms with Gasteiger partial charge < -0.3 is 10.3 Å². The average molecular weight is 291 g/mol. The van der Waals surface area contributed by atoms with Gasteiger partial charge >= 0.3 is 0 Å². The predicted octanol–water partition coefficient (Wildman–Crippen LogP) is 3.40. The first-order chi connectivity index (χ1) is 10.0. The van der Waals surface area contributed by atoms with Crippen molar-refractivity contribution in [2.45, 2.75) is 0 Å². The molecule has 3 rings (SSSR count). The molecular formula is C14H8F3N3O. The molecule has 0 saturated heterocycles. The van der Waals surface area contributed by atoms with Gasteiger partial charge in [0.15, 0.2) is 0 Å². The second kappa shape index (κ2) is 4.93. The summed E-state index contributed by atoms with van der Waals surface area (Å²) in [6.45, 7) is 0. The van der Waals surface area contributed by atoms with E-state index in [9.17, 15) is 13.2 Å². The lowest BCUT2D eigenvalue weighted by atomic mass is 10.2. The Bertz CT molecular complexity index is 797. The first kappa shape index (κ1) is 13.2. The van der Waals surface area contributed by atoms with E-state index in [0.717, 1.165) is 24.3 Å². The van der Waals surface area contributed by atoms with E-state index in [1.54, 1.807) is 0 Å². The fourth-order valence-corrected chi connectivity index (χ4v) is 1.82. The van der Waals surface area contributed by atoms with Crippen LogP contribution in [0.3, 0.4) is 0 Å². The van der Waals surface area contributed by atoms with Crippen LogP contribution in [-0.2, 0) is 0 Å². The molecule has 0 atom stereocenters. The Balaban J connectivity index is 2.01. The van der Waals surface area contributed by atoms with Crippen molar-refractivity contribution in [1.82, 2.24) is 10.1 Å². The van der Waals surface area contributed by atoms with Crippen molar-refractivity contribution in [3.05, 3.63) is 53.8 Å². The van der Waals surface area contributed by atoms with Crippen molar-refractivity contribution in [1.29, 1.82) is 0 Å². The van der Waals surface area contributed by atoms with Gasteiger partial charge in [-0.3, -0.25) is 0 Å². The average Bonchev–Trinajstić information content (AvgIpc) is 2.90. The van der Waals surface area contributed by atoms with E-state index in [2.05, 4.69) is 10.1 Å². The molecule has 2 aromatic carbocycles. The highest BCUT2D eigenvalue weighted by Crippen LogP contribution is 2.25. The Morgan fingerprint density at radius 2 is 1.62 bits per heavy atom. The van der Waals surface area contributed by atoms with E-state index in [0.29, 0.717) is 5.56 Å². The Morgan fingerprint density at radius 1 is 0.905 bits per heavy atom. The Morgan fingerprint density at radius 3 is 2.29 bits per heavy atom. The fourth-order valence-electron chi connectivity index (χ4n) is 1.82. The number of nitrogens with zero attached hydrogens (tertiary/aromatic N) is 2. The summed E-state index contributed by atoms with van der Waals surface area (Å²) in [5.74, 6) is -1.97. The molecule has 1 heterocycles. The second-order valence-corrected chi connectivity index (χ2v) is 4.32. The van der Waals surface area contributed by atoms with Gasteiger partial charge in [0, 0.05) is 17.2 Å². The number of aromatic nitrogens is 2. The zero-order valence-electron chi connectivity index (χ0n) is 10.5. The topological polar surface area (TPSA) is 64.9 Å². The minimum Gasteiger partial charge on any atom is -0.396 e. The van der Waals surface area contributed by atoms with Crippen LogP contribution >= 0.6 is 0 Å². The van der Waals surface area contributed by atoms with E-state index in [1.807, 2.05) is 0 Å². The van der Waals surface area contributed by atoms with Crippen LogP contribution in [0.1, 0.15) is 0 Å². The first-order valence-corrected chi connectivity index (χ1v) is 5.88. The van der Waals surface area contributed by atoms with Crippen LogP contribution in [0.4, 0.5) is 18.9 Å². The van der Waals surface area contributed by atoms with Gasteiger partial charge in [0.25, 0.3) is 5.89 Å². The number of nitrogen functional groups attached to an aromatic ring is 1. The summed E-state index contributed by atoms with van der Waals surface area (Å²) in [7, 11) is 0. The van der Waals surface area contributed by atoms with Crippen molar-refractivity contribution < 1.29 is 17.7 Å². The quantitative estimate of drug-likeness (QED) is 0.735. The van der Waals surface area contributed by atoms with Gasteiger partial charge in [-0.05, 0) is 30.3 Å². The van der Waals surface area contributed by atoms with E-state index < -0.39 is 17.5 Å². The molecule has 0 saturated carbocycles. The van der Waals surface area contributed by atoms with Crippen molar-refractivity contribution in [2.75, 3.05) is 5.73 Å². The van der Waals surface area contributed by atoms with Crippen LogP contribution in [0.15, 0.2) is 40.9 Å². The highest BCUT2D eigenvalue weighted by atomic mass is 19.1. The molecule has 1 aromatic heterocycles. The number of benzene rings is 2. The third-order valence-corrected chi connectivity index (χ3v) is 2.79. The van der Waals surface area contributed by atoms with E-state index in [1.165, 1.54) is 12.1 Å². The van der Waals surface area contributed by atoms with Gasteiger partial charge in [-0.1, -0.05) is 5.16 Å². The molecule has 0 unspecified atom stereocenters. The number of nitrogens with two attached hydrogens (primary N) is 1. The summed E-state index contributed by atoms with van der Waals surface area (Å²) in [6.07, 6.45) is 0. The lowest BCUT2D eigenvalue weighted by Gasteiger charge is -1.98. The molecule has 3 aromatic rings. The lowest BCUT2D eigenvalue weighted by Crippen LogP contribution is -1.91. The van der Waals surface area contributed by atoms with Gasteiger partial charge in [0.2, 0.25) is 5.82 Å². The molecule has 4 nitrogen and oxygen atoms in total. The summed E-state index contributed by atoms with van der Waals surface area (Å²) in [6, 6.07) is 6.81. The van der Waals surface area contributed by atoms with Crippen LogP contribution in [0.2, 0.25) is 0 Å². The largest absolute Gasteiger partial charge is 0.396 e. The maximum Gasteiger partial charge on any atom is 0.258 e. The third-order valence-electron chi connectivity index (χ3n) is 2.79. The van der Waals surface area contributed by atoms with Gasteiger partial charge in [-0.25, -0.2) is 13.2 Å². The Labute approximate surface area is 117 Å². The number of rotatable bonds is 2. The number of hydrogen-bond acceptors (Lipinski definition) is 4. The molecule has 0 amide bonds. The summed E-state index contributed by atoms with van der Waals surface area (Å²) in [4.78, 5) is 4.01. The molecule has 7 heteroatoms. The Hall–Kier alpha value is -2.83. The van der Waals surface area contributed by atoms with Crippen LogP contribution in [0.25, 0.3) is 22.8 Å². The molecule has 0 aliphatic heterocycles. The Kier molecular flexibility index (Phi) is 3.09. The smallest absolute Gasteiger partial charge is 0.258 e. The molecule has 0 bridgehead atoms. The van der Waals surface area contributed by atoms with Crippen molar-refractivity contribution in [3.8, 4) is 22.8 Å². The van der Waals surface area contributed by atoms with Gasteiger partial charge in [-0.15, -0.1) is 0 Å². The van der Waals surface area contributed by atoms with Crippen molar-refractivity contribution >= 4 is 5.69 Å². The van der Waals surface area contributed by atoms with Crippen molar-refractivity contribution in [2.24, 2.45) is 0 Å². The van der Waals surface area contributed by atoms with Gasteiger partial charge in [0.05, 0.1) is 5.69 Å². The maximum absolute atomic E-state index is 13.2. The molecule has 2 N–H and O–H groups in total. The highest BCUT2D eigenvalue weighted by Gasteiger charge is 2.13. The summed E-state index contributed by atoms with van der Waals surface area (Å²) in [5.41, 5.74) is 5.93. The second-order valence-electron chi connectivity index (χ2n) is 4.32.